The van der Waals surface area contributed by atoms with Crippen LogP contribution in [-0.4, -0.2) is 4.57 Å². The van der Waals surface area contributed by atoms with Crippen LogP contribution >= 0.6 is 0 Å². The first-order chi connectivity index (χ1) is 34.8. The summed E-state index contributed by atoms with van der Waals surface area (Å²) in [6, 6.07) is 97.3. The van der Waals surface area contributed by atoms with Crippen LogP contribution in [0, 0.1) is 0 Å². The van der Waals surface area contributed by atoms with Crippen molar-refractivity contribution in [2.45, 2.75) is 5.41 Å². The third kappa shape index (κ3) is 5.88. The van der Waals surface area contributed by atoms with Crippen LogP contribution in [-0.2, 0) is 5.41 Å². The van der Waals surface area contributed by atoms with Crippen molar-refractivity contribution in [3.8, 4) is 39.1 Å². The average Bonchev–Trinajstić information content (AvgIpc) is 4.09. The minimum absolute atomic E-state index is 0.560. The lowest BCUT2D eigenvalue weighted by Gasteiger charge is -2.34. The van der Waals surface area contributed by atoms with Crippen molar-refractivity contribution in [1.29, 1.82) is 0 Å². The molecule has 3 heteroatoms. The standard InChI is InChI=1S/C67H44N2O/c1-6-22-45(23-7-1)46-40-42-51(43-41-46)69-59-44-61-65(53-33-17-19-39-60(53)70-61)62(47-24-8-2-9-25-47)64(59)54-34-20-38-58(66(54)69)68(50-30-14-5-15-31-50)57-37-21-36-56-63(57)52-32-16-18-35-55(52)67(56,48-26-10-3-11-27-48)49-28-12-4-13-29-49/h1-44H. The summed E-state index contributed by atoms with van der Waals surface area (Å²) in [5.74, 6) is 0. The van der Waals surface area contributed by atoms with Crippen LogP contribution in [0.1, 0.15) is 22.3 Å². The molecule has 0 radical (unpaired) electrons. The summed E-state index contributed by atoms with van der Waals surface area (Å²) in [5, 5.41) is 4.56. The van der Waals surface area contributed by atoms with Gasteiger partial charge in [-0.1, -0.05) is 218 Å². The molecule has 0 bridgehead atoms. The van der Waals surface area contributed by atoms with Gasteiger partial charge >= 0.3 is 0 Å². The van der Waals surface area contributed by atoms with Gasteiger partial charge in [-0.15, -0.1) is 0 Å². The molecule has 13 aromatic rings. The highest BCUT2D eigenvalue weighted by Gasteiger charge is 2.47. The number of rotatable bonds is 8. The maximum atomic E-state index is 6.86. The van der Waals surface area contributed by atoms with Gasteiger partial charge < -0.3 is 13.9 Å². The second-order valence-corrected chi connectivity index (χ2v) is 18.3. The van der Waals surface area contributed by atoms with E-state index in [-0.39, 0.29) is 0 Å². The van der Waals surface area contributed by atoms with Gasteiger partial charge in [-0.25, -0.2) is 0 Å². The minimum Gasteiger partial charge on any atom is -0.456 e. The first kappa shape index (κ1) is 39.9. The zero-order chi connectivity index (χ0) is 46.2. The predicted octanol–water partition coefficient (Wildman–Crippen LogP) is 17.8. The number of nitrogens with zero attached hydrogens (tertiary/aromatic N) is 2. The van der Waals surface area contributed by atoms with Gasteiger partial charge in [0.25, 0.3) is 0 Å². The number of anilines is 3. The van der Waals surface area contributed by atoms with Gasteiger partial charge in [0.2, 0.25) is 0 Å². The number of hydrogen-bond donors (Lipinski definition) is 0. The molecule has 0 saturated heterocycles. The second kappa shape index (κ2) is 16.0. The van der Waals surface area contributed by atoms with E-state index in [1.807, 2.05) is 0 Å². The van der Waals surface area contributed by atoms with E-state index >= 15 is 0 Å². The quantitative estimate of drug-likeness (QED) is 0.152. The molecule has 0 unspecified atom stereocenters. The predicted molar refractivity (Wildman–Crippen MR) is 291 cm³/mol. The second-order valence-electron chi connectivity index (χ2n) is 18.3. The molecule has 2 aromatic heterocycles. The van der Waals surface area contributed by atoms with E-state index < -0.39 is 5.41 Å². The highest BCUT2D eigenvalue weighted by molar-refractivity contribution is 6.28. The molecule has 0 atom stereocenters. The van der Waals surface area contributed by atoms with Gasteiger partial charge in [-0.3, -0.25) is 0 Å². The van der Waals surface area contributed by atoms with Gasteiger partial charge in [0.15, 0.2) is 0 Å². The van der Waals surface area contributed by atoms with Crippen molar-refractivity contribution in [3.05, 3.63) is 289 Å². The zero-order valence-corrected chi connectivity index (χ0v) is 38.2. The van der Waals surface area contributed by atoms with E-state index in [9.17, 15) is 0 Å². The SMILES string of the molecule is c1ccc(-c2ccc(-n3c4cc5oc6ccccc6c5c(-c5ccccc5)c4c4cccc(N(c5ccccc5)c5cccc6c5-c5ccccc5C6(c5ccccc5)c5ccccc5)c43)cc2)cc1. The molecular formula is C67H44N2O. The number of hydrogen-bond acceptors (Lipinski definition) is 2. The molecule has 0 saturated carbocycles. The summed E-state index contributed by atoms with van der Waals surface area (Å²) >= 11 is 0. The molecule has 328 valence electrons. The molecule has 2 heterocycles. The van der Waals surface area contributed by atoms with Crippen LogP contribution in [0.25, 0.3) is 82.8 Å². The molecule has 14 rings (SSSR count). The molecular weight excluding hydrogens is 849 g/mol. The van der Waals surface area contributed by atoms with Crippen molar-refractivity contribution < 1.29 is 4.42 Å². The van der Waals surface area contributed by atoms with Gasteiger partial charge in [0.05, 0.1) is 27.8 Å². The molecule has 0 aliphatic heterocycles. The molecule has 1 aliphatic carbocycles. The summed E-state index contributed by atoms with van der Waals surface area (Å²) < 4.78 is 9.34. The van der Waals surface area contributed by atoms with E-state index in [0.717, 1.165) is 72.2 Å². The lowest BCUT2D eigenvalue weighted by atomic mass is 9.68. The Kier molecular flexibility index (Phi) is 9.11. The van der Waals surface area contributed by atoms with Crippen LogP contribution in [0.4, 0.5) is 17.1 Å². The largest absolute Gasteiger partial charge is 0.456 e. The van der Waals surface area contributed by atoms with E-state index in [0.29, 0.717) is 0 Å². The number of para-hydroxylation sites is 3. The Bertz CT molecular complexity index is 4040. The Morgan fingerprint density at radius 3 is 1.63 bits per heavy atom. The molecule has 70 heavy (non-hydrogen) atoms. The van der Waals surface area contributed by atoms with E-state index in [4.69, 9.17) is 4.42 Å². The molecule has 11 aromatic carbocycles. The van der Waals surface area contributed by atoms with Crippen molar-refractivity contribution >= 4 is 60.8 Å². The Labute approximate surface area is 406 Å². The number of furan rings is 1. The fourth-order valence-electron chi connectivity index (χ4n) is 11.8. The van der Waals surface area contributed by atoms with Crippen LogP contribution < -0.4 is 4.90 Å². The number of aromatic nitrogens is 1. The monoisotopic (exact) mass is 892 g/mol. The van der Waals surface area contributed by atoms with Crippen LogP contribution in [0.3, 0.4) is 0 Å². The lowest BCUT2D eigenvalue weighted by molar-refractivity contribution is 0.669. The van der Waals surface area contributed by atoms with Gasteiger partial charge in [0, 0.05) is 50.1 Å². The molecule has 3 nitrogen and oxygen atoms in total. The van der Waals surface area contributed by atoms with Gasteiger partial charge in [-0.05, 0) is 87.0 Å². The van der Waals surface area contributed by atoms with Crippen molar-refractivity contribution in [2.75, 3.05) is 4.90 Å². The zero-order valence-electron chi connectivity index (χ0n) is 38.2. The summed E-state index contributed by atoms with van der Waals surface area (Å²) in [5.41, 5.74) is 19.8. The summed E-state index contributed by atoms with van der Waals surface area (Å²) in [4.78, 5) is 2.51. The van der Waals surface area contributed by atoms with Gasteiger partial charge in [-0.2, -0.15) is 0 Å². The Hall–Kier alpha value is -9.18. The third-order valence-electron chi connectivity index (χ3n) is 14.6. The van der Waals surface area contributed by atoms with E-state index in [1.165, 1.54) is 49.9 Å². The Morgan fingerprint density at radius 1 is 0.371 bits per heavy atom. The molecule has 0 N–H and O–H groups in total. The summed E-state index contributed by atoms with van der Waals surface area (Å²) in [6.07, 6.45) is 0. The first-order valence-corrected chi connectivity index (χ1v) is 24.1. The Morgan fingerprint density at radius 2 is 0.914 bits per heavy atom. The highest BCUT2D eigenvalue weighted by Crippen LogP contribution is 2.60. The molecule has 0 amide bonds. The van der Waals surface area contributed by atoms with Crippen LogP contribution in [0.2, 0.25) is 0 Å². The van der Waals surface area contributed by atoms with E-state index in [2.05, 4.69) is 276 Å². The third-order valence-corrected chi connectivity index (χ3v) is 14.6. The highest BCUT2D eigenvalue weighted by atomic mass is 16.3. The van der Waals surface area contributed by atoms with Gasteiger partial charge in [0.1, 0.15) is 11.2 Å². The maximum absolute atomic E-state index is 6.86. The van der Waals surface area contributed by atoms with E-state index in [1.54, 1.807) is 0 Å². The number of fused-ring (bicyclic) bond motifs is 9. The lowest BCUT2D eigenvalue weighted by Crippen LogP contribution is -2.28. The van der Waals surface area contributed by atoms with Crippen molar-refractivity contribution in [1.82, 2.24) is 4.57 Å². The molecule has 0 fully saturated rings. The minimum atomic E-state index is -0.560. The number of benzene rings is 11. The topological polar surface area (TPSA) is 21.3 Å². The fourth-order valence-corrected chi connectivity index (χ4v) is 11.8. The smallest absolute Gasteiger partial charge is 0.138 e. The average molecular weight is 893 g/mol. The van der Waals surface area contributed by atoms with Crippen LogP contribution in [0.15, 0.2) is 271 Å². The first-order valence-electron chi connectivity index (χ1n) is 24.1. The van der Waals surface area contributed by atoms with Crippen molar-refractivity contribution in [2.24, 2.45) is 0 Å². The fraction of sp³-hybridized carbons (Fsp3) is 0.0149. The van der Waals surface area contributed by atoms with Crippen molar-refractivity contribution in [3.63, 3.8) is 0 Å². The normalized spacial score (nSPS) is 12.7. The molecule has 0 spiro atoms. The Balaban J connectivity index is 1.13. The summed E-state index contributed by atoms with van der Waals surface area (Å²) in [7, 11) is 0. The van der Waals surface area contributed by atoms with Crippen LogP contribution in [0.5, 0.6) is 0 Å². The molecule has 1 aliphatic rings. The maximum Gasteiger partial charge on any atom is 0.138 e. The summed E-state index contributed by atoms with van der Waals surface area (Å²) in [6.45, 7) is 0.